The van der Waals surface area contributed by atoms with Crippen molar-refractivity contribution >= 4 is 35.8 Å². The molecular formula is C21H37IN4O3. The molecule has 1 aromatic carbocycles. The van der Waals surface area contributed by atoms with Gasteiger partial charge in [0.15, 0.2) is 17.5 Å². The molecule has 1 rings (SSSR count). The highest BCUT2D eigenvalue weighted by molar-refractivity contribution is 14.0. The van der Waals surface area contributed by atoms with Gasteiger partial charge in [0, 0.05) is 27.2 Å². The highest BCUT2D eigenvalue weighted by atomic mass is 127. The molecule has 0 heterocycles. The minimum atomic E-state index is -0.0241. The second kappa shape index (κ2) is 14.3. The maximum Gasteiger partial charge on any atom is 0.243 e. The molecule has 7 nitrogen and oxygen atoms in total. The third kappa shape index (κ3) is 10.6. The fraction of sp³-hybridized carbons (Fsp3) is 0.619. The van der Waals surface area contributed by atoms with E-state index in [2.05, 4.69) is 42.5 Å². The molecule has 0 aliphatic heterocycles. The number of likely N-dealkylation sites (N-methyl/N-ethyl adjacent to an activating group) is 1. The largest absolute Gasteiger partial charge is 0.493 e. The molecule has 0 saturated carbocycles. The molecule has 0 fully saturated rings. The van der Waals surface area contributed by atoms with Gasteiger partial charge in [-0.2, -0.15) is 0 Å². The maximum atomic E-state index is 11.8. The number of ether oxygens (including phenoxy) is 2. The van der Waals surface area contributed by atoms with Crippen LogP contribution in [0.2, 0.25) is 0 Å². The van der Waals surface area contributed by atoms with Gasteiger partial charge in [-0.1, -0.05) is 26.8 Å². The van der Waals surface area contributed by atoms with E-state index in [1.165, 1.54) is 5.56 Å². The molecule has 1 amide bonds. The summed E-state index contributed by atoms with van der Waals surface area (Å²) < 4.78 is 10.7. The zero-order valence-electron chi connectivity index (χ0n) is 18.7. The Morgan fingerprint density at radius 3 is 2.24 bits per heavy atom. The van der Waals surface area contributed by atoms with Crippen molar-refractivity contribution in [2.75, 3.05) is 47.9 Å². The monoisotopic (exact) mass is 520 g/mol. The Morgan fingerprint density at radius 1 is 1.07 bits per heavy atom. The zero-order valence-corrected chi connectivity index (χ0v) is 21.1. The lowest BCUT2D eigenvalue weighted by Crippen LogP contribution is -2.42. The second-order valence-corrected chi connectivity index (χ2v) is 7.61. The second-order valence-electron chi connectivity index (χ2n) is 7.61. The van der Waals surface area contributed by atoms with Gasteiger partial charge in [0.05, 0.1) is 14.2 Å². The summed E-state index contributed by atoms with van der Waals surface area (Å²) in [6.07, 6.45) is 0.890. The van der Waals surface area contributed by atoms with Crippen molar-refractivity contribution in [2.45, 2.75) is 27.2 Å². The number of hydrogen-bond donors (Lipinski definition) is 2. The summed E-state index contributed by atoms with van der Waals surface area (Å²) in [5.41, 5.74) is 1.18. The van der Waals surface area contributed by atoms with Crippen LogP contribution in [0.4, 0.5) is 0 Å². The number of carbonyl (C=O) groups excluding carboxylic acids is 1. The number of nitrogens with one attached hydrogen (secondary N) is 2. The van der Waals surface area contributed by atoms with E-state index < -0.39 is 0 Å². The summed E-state index contributed by atoms with van der Waals surface area (Å²) in [7, 11) is 6.75. The number of aliphatic imine (C=N–C) groups is 1. The van der Waals surface area contributed by atoms with Crippen molar-refractivity contribution in [2.24, 2.45) is 16.8 Å². The first-order valence-electron chi connectivity index (χ1n) is 9.70. The van der Waals surface area contributed by atoms with Crippen LogP contribution >= 0.6 is 24.0 Å². The minimum absolute atomic E-state index is 0. The summed E-state index contributed by atoms with van der Waals surface area (Å²) in [5.74, 6) is 2.97. The van der Waals surface area contributed by atoms with Crippen molar-refractivity contribution in [3.05, 3.63) is 23.8 Å². The fourth-order valence-corrected chi connectivity index (χ4v) is 2.52. The number of nitrogens with zero attached hydrogens (tertiary/aromatic N) is 2. The van der Waals surface area contributed by atoms with Crippen molar-refractivity contribution < 1.29 is 14.3 Å². The minimum Gasteiger partial charge on any atom is -0.493 e. The number of carbonyl (C=O) groups is 1. The van der Waals surface area contributed by atoms with Crippen LogP contribution in [-0.4, -0.2) is 64.7 Å². The van der Waals surface area contributed by atoms with Crippen LogP contribution in [-0.2, 0) is 11.2 Å². The van der Waals surface area contributed by atoms with Crippen LogP contribution in [0.5, 0.6) is 11.5 Å². The number of hydrogen-bond acceptors (Lipinski definition) is 4. The van der Waals surface area contributed by atoms with Crippen LogP contribution in [0.1, 0.15) is 26.3 Å². The lowest BCUT2D eigenvalue weighted by molar-refractivity contribution is -0.127. The number of benzene rings is 1. The van der Waals surface area contributed by atoms with Crippen molar-refractivity contribution in [3.8, 4) is 11.5 Å². The molecule has 1 unspecified atom stereocenters. The first-order valence-corrected chi connectivity index (χ1v) is 9.70. The van der Waals surface area contributed by atoms with Crippen LogP contribution < -0.4 is 20.1 Å². The third-order valence-corrected chi connectivity index (χ3v) is 4.20. The van der Waals surface area contributed by atoms with Crippen LogP contribution in [0, 0.1) is 11.8 Å². The van der Waals surface area contributed by atoms with Crippen LogP contribution in [0.3, 0.4) is 0 Å². The van der Waals surface area contributed by atoms with E-state index >= 15 is 0 Å². The summed E-state index contributed by atoms with van der Waals surface area (Å²) in [6, 6.07) is 6.00. The predicted molar refractivity (Wildman–Crippen MR) is 130 cm³/mol. The highest BCUT2D eigenvalue weighted by Gasteiger charge is 2.10. The van der Waals surface area contributed by atoms with E-state index in [0.717, 1.165) is 31.0 Å². The van der Waals surface area contributed by atoms with Gasteiger partial charge in [0.25, 0.3) is 0 Å². The highest BCUT2D eigenvalue weighted by Crippen LogP contribution is 2.28. The molecule has 0 aromatic heterocycles. The quantitative estimate of drug-likeness (QED) is 0.282. The molecule has 1 aromatic rings. The van der Waals surface area contributed by atoms with Gasteiger partial charge < -0.3 is 25.0 Å². The smallest absolute Gasteiger partial charge is 0.243 e. The number of amides is 1. The molecule has 166 valence electrons. The Balaban J connectivity index is 0.00000784. The van der Waals surface area contributed by atoms with Gasteiger partial charge in [-0.3, -0.25) is 4.79 Å². The third-order valence-electron chi connectivity index (χ3n) is 4.20. The molecule has 0 spiro atoms. The average molecular weight is 520 g/mol. The molecule has 0 aliphatic carbocycles. The van der Waals surface area contributed by atoms with E-state index in [1.54, 1.807) is 33.2 Å². The number of halogens is 1. The first-order chi connectivity index (χ1) is 13.3. The lowest BCUT2D eigenvalue weighted by atomic mass is 10.0. The number of methoxy groups -OCH3 is 2. The van der Waals surface area contributed by atoms with Gasteiger partial charge >= 0.3 is 0 Å². The Morgan fingerprint density at radius 2 is 1.69 bits per heavy atom. The fourth-order valence-electron chi connectivity index (χ4n) is 2.52. The standard InChI is InChI=1S/C21H36N4O3.HI/c1-15(2)12-22-21(24-14-20(26)25(4)5)23-13-16(3)10-17-8-9-18(27-6)19(11-17)28-7;/h8-9,11,15-16H,10,12-14H2,1-7H3,(H2,22,23,24);1H. The summed E-state index contributed by atoms with van der Waals surface area (Å²) in [4.78, 5) is 17.8. The van der Waals surface area contributed by atoms with E-state index in [9.17, 15) is 4.79 Å². The van der Waals surface area contributed by atoms with E-state index in [0.29, 0.717) is 17.8 Å². The normalized spacial score (nSPS) is 12.1. The molecule has 0 saturated heterocycles. The molecule has 29 heavy (non-hydrogen) atoms. The summed E-state index contributed by atoms with van der Waals surface area (Å²) >= 11 is 0. The van der Waals surface area contributed by atoms with Crippen LogP contribution in [0.25, 0.3) is 0 Å². The van der Waals surface area contributed by atoms with Crippen molar-refractivity contribution in [1.29, 1.82) is 0 Å². The number of guanidine groups is 1. The van der Waals surface area contributed by atoms with Gasteiger partial charge in [-0.05, 0) is 36.0 Å². The Bertz CT molecular complexity index is 651. The molecule has 1 atom stereocenters. The van der Waals surface area contributed by atoms with Gasteiger partial charge in [-0.25, -0.2) is 4.99 Å². The molecule has 8 heteroatoms. The average Bonchev–Trinajstić information content (AvgIpc) is 2.66. The summed E-state index contributed by atoms with van der Waals surface area (Å²) in [5, 5.41) is 6.65. The van der Waals surface area contributed by atoms with Crippen molar-refractivity contribution in [3.63, 3.8) is 0 Å². The van der Waals surface area contributed by atoms with E-state index in [1.807, 2.05) is 12.1 Å². The zero-order chi connectivity index (χ0) is 21.1. The molecule has 0 bridgehead atoms. The molecule has 0 radical (unpaired) electrons. The Kier molecular flexibility index (Phi) is 13.5. The molecule has 2 N–H and O–H groups in total. The lowest BCUT2D eigenvalue weighted by Gasteiger charge is -2.18. The number of rotatable bonds is 10. The van der Waals surface area contributed by atoms with Crippen LogP contribution in [0.15, 0.2) is 23.2 Å². The summed E-state index contributed by atoms with van der Waals surface area (Å²) in [6.45, 7) is 8.12. The van der Waals surface area contributed by atoms with Gasteiger partial charge in [0.2, 0.25) is 5.91 Å². The maximum absolute atomic E-state index is 11.8. The predicted octanol–water partition coefficient (Wildman–Crippen LogP) is 2.78. The van der Waals surface area contributed by atoms with Gasteiger partial charge in [-0.15, -0.1) is 24.0 Å². The van der Waals surface area contributed by atoms with E-state index in [4.69, 9.17) is 9.47 Å². The van der Waals surface area contributed by atoms with E-state index in [-0.39, 0.29) is 36.4 Å². The Hall–Kier alpha value is -1.71. The van der Waals surface area contributed by atoms with Gasteiger partial charge in [0.1, 0.15) is 6.54 Å². The Labute approximate surface area is 192 Å². The first kappa shape index (κ1) is 27.3. The topological polar surface area (TPSA) is 75.2 Å². The molecule has 0 aliphatic rings. The molecular weight excluding hydrogens is 483 g/mol. The SMILES string of the molecule is COc1ccc(CC(C)CNC(=NCC(=O)N(C)C)NCC(C)C)cc1OC.I. The van der Waals surface area contributed by atoms with Crippen molar-refractivity contribution in [1.82, 2.24) is 15.5 Å².